The van der Waals surface area contributed by atoms with Crippen molar-refractivity contribution in [1.29, 1.82) is 0 Å². The van der Waals surface area contributed by atoms with Crippen molar-refractivity contribution in [3.05, 3.63) is 65.7 Å². The maximum Gasteiger partial charge on any atom is 0.253 e. The number of amides is 3. The van der Waals surface area contributed by atoms with Gasteiger partial charge < -0.3 is 15.1 Å². The molecule has 0 aliphatic carbocycles. The summed E-state index contributed by atoms with van der Waals surface area (Å²) in [6.45, 7) is 1.56. The van der Waals surface area contributed by atoms with E-state index in [1.165, 1.54) is 0 Å². The third-order valence-electron chi connectivity index (χ3n) is 6.93. The van der Waals surface area contributed by atoms with E-state index in [1.807, 2.05) is 59.5 Å². The molecule has 2 aromatic rings. The van der Waals surface area contributed by atoms with Gasteiger partial charge in [-0.1, -0.05) is 36.4 Å². The summed E-state index contributed by atoms with van der Waals surface area (Å²) in [6.07, 6.45) is 0.539. The van der Waals surface area contributed by atoms with Crippen LogP contribution in [-0.4, -0.2) is 72.2 Å². The minimum absolute atomic E-state index is 0.00652. The number of para-hydroxylation sites is 1. The molecule has 0 unspecified atom stereocenters. The Morgan fingerprint density at radius 1 is 1.03 bits per heavy atom. The lowest BCUT2D eigenvalue weighted by atomic mass is 9.78. The van der Waals surface area contributed by atoms with Crippen LogP contribution in [0.2, 0.25) is 0 Å². The number of benzene rings is 2. The van der Waals surface area contributed by atoms with Gasteiger partial charge in [-0.3, -0.25) is 19.3 Å². The highest BCUT2D eigenvalue weighted by Crippen LogP contribution is 2.53. The largest absolute Gasteiger partial charge is 0.348 e. The van der Waals surface area contributed by atoms with Gasteiger partial charge in [0.05, 0.1) is 5.92 Å². The van der Waals surface area contributed by atoms with Gasteiger partial charge in [0, 0.05) is 56.6 Å². The number of anilines is 1. The predicted molar refractivity (Wildman–Crippen MR) is 116 cm³/mol. The SMILES string of the molecule is CN(C)C(=O)[C@@H]1C[C@@H]2CN(C(=O)c3ccccc3)CCN2[C@@]12C(=O)Nc1ccccc12. The van der Waals surface area contributed by atoms with Crippen LogP contribution in [0, 0.1) is 5.92 Å². The fourth-order valence-electron chi connectivity index (χ4n) is 5.60. The maximum atomic E-state index is 13.5. The monoisotopic (exact) mass is 418 g/mol. The Morgan fingerprint density at radius 3 is 2.48 bits per heavy atom. The van der Waals surface area contributed by atoms with Crippen molar-refractivity contribution >= 4 is 23.4 Å². The average Bonchev–Trinajstić information content (AvgIpc) is 3.29. The van der Waals surface area contributed by atoms with Gasteiger partial charge >= 0.3 is 0 Å². The maximum absolute atomic E-state index is 13.5. The first-order valence-electron chi connectivity index (χ1n) is 10.7. The summed E-state index contributed by atoms with van der Waals surface area (Å²) in [4.78, 5) is 45.4. The van der Waals surface area contributed by atoms with Gasteiger partial charge in [0.15, 0.2) is 0 Å². The smallest absolute Gasteiger partial charge is 0.253 e. The van der Waals surface area contributed by atoms with Crippen LogP contribution in [-0.2, 0) is 15.1 Å². The van der Waals surface area contributed by atoms with Crippen molar-refractivity contribution in [1.82, 2.24) is 14.7 Å². The van der Waals surface area contributed by atoms with E-state index in [4.69, 9.17) is 0 Å². The first-order valence-corrected chi connectivity index (χ1v) is 10.7. The zero-order valence-corrected chi connectivity index (χ0v) is 17.7. The number of nitrogens with one attached hydrogen (secondary N) is 1. The van der Waals surface area contributed by atoms with E-state index in [9.17, 15) is 14.4 Å². The average molecular weight is 418 g/mol. The molecule has 31 heavy (non-hydrogen) atoms. The molecule has 3 atom stereocenters. The Morgan fingerprint density at radius 2 is 1.74 bits per heavy atom. The number of carbonyl (C=O) groups is 3. The van der Waals surface area contributed by atoms with Gasteiger partial charge in [-0.2, -0.15) is 0 Å². The molecule has 1 N–H and O–H groups in total. The topological polar surface area (TPSA) is 73.0 Å². The second-order valence-corrected chi connectivity index (χ2v) is 8.75. The van der Waals surface area contributed by atoms with Crippen molar-refractivity contribution in [2.24, 2.45) is 5.92 Å². The summed E-state index contributed by atoms with van der Waals surface area (Å²) in [5.74, 6) is -0.697. The first-order chi connectivity index (χ1) is 14.9. The number of hydrogen-bond donors (Lipinski definition) is 1. The normalized spacial score (nSPS) is 27.0. The number of nitrogens with zero attached hydrogens (tertiary/aromatic N) is 3. The fraction of sp³-hybridized carbons (Fsp3) is 0.375. The molecule has 5 rings (SSSR count). The number of carbonyl (C=O) groups excluding carboxylic acids is 3. The van der Waals surface area contributed by atoms with Gasteiger partial charge in [-0.15, -0.1) is 0 Å². The first kappa shape index (κ1) is 19.8. The van der Waals surface area contributed by atoms with Crippen molar-refractivity contribution in [3.63, 3.8) is 0 Å². The number of piperazine rings is 1. The molecule has 3 amide bonds. The van der Waals surface area contributed by atoms with Crippen LogP contribution in [0.5, 0.6) is 0 Å². The molecular weight excluding hydrogens is 392 g/mol. The summed E-state index contributed by atoms with van der Waals surface area (Å²) in [5.41, 5.74) is 1.27. The van der Waals surface area contributed by atoms with Crippen LogP contribution in [0.1, 0.15) is 22.3 Å². The molecule has 160 valence electrons. The van der Waals surface area contributed by atoms with Crippen LogP contribution in [0.25, 0.3) is 0 Å². The molecule has 2 fully saturated rings. The van der Waals surface area contributed by atoms with Crippen LogP contribution >= 0.6 is 0 Å². The van der Waals surface area contributed by atoms with Crippen molar-refractivity contribution < 1.29 is 14.4 Å². The Labute approximate surface area is 181 Å². The highest BCUT2D eigenvalue weighted by molar-refractivity contribution is 6.09. The summed E-state index contributed by atoms with van der Waals surface area (Å²) in [5, 5.41) is 3.01. The number of rotatable bonds is 2. The lowest BCUT2D eigenvalue weighted by molar-refractivity contribution is -0.143. The number of fused-ring (bicyclic) bond motifs is 4. The minimum atomic E-state index is -1.02. The van der Waals surface area contributed by atoms with Gasteiger partial charge in [0.1, 0.15) is 5.54 Å². The van der Waals surface area contributed by atoms with E-state index in [-0.39, 0.29) is 23.8 Å². The van der Waals surface area contributed by atoms with Gasteiger partial charge in [-0.05, 0) is 24.6 Å². The fourth-order valence-corrected chi connectivity index (χ4v) is 5.60. The molecule has 3 aliphatic heterocycles. The van der Waals surface area contributed by atoms with Gasteiger partial charge in [0.2, 0.25) is 11.8 Å². The van der Waals surface area contributed by atoms with E-state index < -0.39 is 11.5 Å². The standard InChI is InChI=1S/C24H26N4O3/c1-26(2)22(30)19-14-17-15-27(21(29)16-8-4-3-5-9-16)12-13-28(17)24(19)18-10-6-7-11-20(18)25-23(24)31/h3-11,17,19H,12-15H2,1-2H3,(H,25,31)/t17-,19+,24-/m1/s1. The molecule has 1 spiro atoms. The van der Waals surface area contributed by atoms with Crippen LogP contribution in [0.15, 0.2) is 54.6 Å². The van der Waals surface area contributed by atoms with Crippen molar-refractivity contribution in [3.8, 4) is 0 Å². The molecule has 7 nitrogen and oxygen atoms in total. The van der Waals surface area contributed by atoms with E-state index in [2.05, 4.69) is 10.2 Å². The van der Waals surface area contributed by atoms with Crippen LogP contribution in [0.3, 0.4) is 0 Å². The van der Waals surface area contributed by atoms with E-state index >= 15 is 0 Å². The molecular formula is C24H26N4O3. The Bertz CT molecular complexity index is 1050. The van der Waals surface area contributed by atoms with Gasteiger partial charge in [-0.25, -0.2) is 0 Å². The molecule has 0 radical (unpaired) electrons. The zero-order valence-electron chi connectivity index (χ0n) is 17.7. The minimum Gasteiger partial charge on any atom is -0.348 e. The van der Waals surface area contributed by atoms with E-state index in [0.717, 1.165) is 11.3 Å². The lowest BCUT2D eigenvalue weighted by Gasteiger charge is -2.44. The molecule has 3 aliphatic rings. The highest BCUT2D eigenvalue weighted by Gasteiger charge is 2.65. The molecule has 0 saturated carbocycles. The molecule has 7 heteroatoms. The van der Waals surface area contributed by atoms with Crippen molar-refractivity contribution in [2.45, 2.75) is 18.0 Å². The van der Waals surface area contributed by atoms with Crippen LogP contribution < -0.4 is 5.32 Å². The summed E-state index contributed by atoms with van der Waals surface area (Å²) in [6, 6.07) is 16.8. The van der Waals surface area contributed by atoms with E-state index in [0.29, 0.717) is 31.6 Å². The molecule has 0 aromatic heterocycles. The Kier molecular flexibility index (Phi) is 4.59. The summed E-state index contributed by atoms with van der Waals surface area (Å²) >= 11 is 0. The third kappa shape index (κ3) is 2.80. The molecule has 0 bridgehead atoms. The highest BCUT2D eigenvalue weighted by atomic mass is 16.2. The molecule has 2 saturated heterocycles. The predicted octanol–water partition coefficient (Wildman–Crippen LogP) is 1.77. The summed E-state index contributed by atoms with van der Waals surface area (Å²) < 4.78 is 0. The Hall–Kier alpha value is -3.19. The second-order valence-electron chi connectivity index (χ2n) is 8.75. The van der Waals surface area contributed by atoms with Crippen LogP contribution in [0.4, 0.5) is 5.69 Å². The Balaban J connectivity index is 1.52. The number of hydrogen-bond acceptors (Lipinski definition) is 4. The van der Waals surface area contributed by atoms with Crippen molar-refractivity contribution in [2.75, 3.05) is 39.0 Å². The van der Waals surface area contributed by atoms with Gasteiger partial charge in [0.25, 0.3) is 5.91 Å². The van der Waals surface area contributed by atoms with E-state index in [1.54, 1.807) is 19.0 Å². The zero-order chi connectivity index (χ0) is 21.8. The molecule has 2 aromatic carbocycles. The summed E-state index contributed by atoms with van der Waals surface area (Å²) in [7, 11) is 3.47. The quantitative estimate of drug-likeness (QED) is 0.807. The third-order valence-corrected chi connectivity index (χ3v) is 6.93. The molecule has 3 heterocycles. The second kappa shape index (κ2) is 7.20. The lowest BCUT2D eigenvalue weighted by Crippen LogP contribution is -2.61.